The Bertz CT molecular complexity index is 736. The molecule has 2 nitrogen and oxygen atoms in total. The van der Waals surface area contributed by atoms with E-state index in [0.29, 0.717) is 5.41 Å². The summed E-state index contributed by atoms with van der Waals surface area (Å²) in [5.74, 6) is 1.66. The van der Waals surface area contributed by atoms with Crippen molar-refractivity contribution in [1.29, 1.82) is 0 Å². The summed E-state index contributed by atoms with van der Waals surface area (Å²) in [6.45, 7) is 17.3. The molecule has 1 aliphatic heterocycles. The van der Waals surface area contributed by atoms with Crippen molar-refractivity contribution in [2.45, 2.75) is 66.7 Å². The molecule has 0 bridgehead atoms. The van der Waals surface area contributed by atoms with Gasteiger partial charge >= 0.3 is 0 Å². The normalized spacial score (nSPS) is 26.9. The molecule has 3 atom stereocenters. The number of nitrogens with zero attached hydrogens (tertiary/aromatic N) is 2. The van der Waals surface area contributed by atoms with Gasteiger partial charge < -0.3 is 4.90 Å². The van der Waals surface area contributed by atoms with E-state index in [4.69, 9.17) is 4.98 Å². The van der Waals surface area contributed by atoms with E-state index in [-0.39, 0.29) is 0 Å². The van der Waals surface area contributed by atoms with E-state index in [2.05, 4.69) is 57.0 Å². The fourth-order valence-corrected chi connectivity index (χ4v) is 4.91. The summed E-state index contributed by atoms with van der Waals surface area (Å²) in [5.41, 5.74) is 5.74. The first-order valence-electron chi connectivity index (χ1n) is 10.7. The first kappa shape index (κ1) is 20.9. The Morgan fingerprint density at radius 1 is 1.15 bits per heavy atom. The topological polar surface area (TPSA) is 16.1 Å². The molecule has 1 aromatic heterocycles. The van der Waals surface area contributed by atoms with Crippen molar-refractivity contribution in [2.24, 2.45) is 11.8 Å². The highest BCUT2D eigenvalue weighted by Crippen LogP contribution is 2.64. The molecule has 3 unspecified atom stereocenters. The lowest BCUT2D eigenvalue weighted by Gasteiger charge is -2.29. The molecule has 1 aliphatic carbocycles. The Morgan fingerprint density at radius 2 is 1.85 bits per heavy atom. The maximum Gasteiger partial charge on any atom is 0.0708 e. The third-order valence-corrected chi connectivity index (χ3v) is 6.32. The van der Waals surface area contributed by atoms with Gasteiger partial charge in [-0.3, -0.25) is 4.98 Å². The van der Waals surface area contributed by atoms with Crippen LogP contribution in [0.25, 0.3) is 10.9 Å². The van der Waals surface area contributed by atoms with E-state index in [0.717, 1.165) is 29.5 Å². The van der Waals surface area contributed by atoms with Gasteiger partial charge in [0.05, 0.1) is 5.52 Å². The fraction of sp³-hybridized carbons (Fsp3) is 0.625. The number of likely N-dealkylation sites (tertiary alicyclic amines) is 1. The average Bonchev–Trinajstić information content (AvgIpc) is 3.28. The number of aromatic nitrogens is 1. The zero-order chi connectivity index (χ0) is 19.5. The summed E-state index contributed by atoms with van der Waals surface area (Å²) < 4.78 is 0. The number of fused-ring (bicyclic) bond motifs is 2. The lowest BCUT2D eigenvalue weighted by molar-refractivity contribution is 0.248. The van der Waals surface area contributed by atoms with Crippen molar-refractivity contribution < 1.29 is 0 Å². The number of hydrogen-bond donors (Lipinski definition) is 0. The van der Waals surface area contributed by atoms with Crippen LogP contribution >= 0.6 is 0 Å². The van der Waals surface area contributed by atoms with Crippen LogP contribution in [0.2, 0.25) is 0 Å². The summed E-state index contributed by atoms with van der Waals surface area (Å²) in [4.78, 5) is 7.23. The molecule has 2 aromatic rings. The number of rotatable bonds is 2. The molecule has 2 heteroatoms. The SMILES string of the molecule is CC.CC.CCc1cc(C)nc2ccc(C34CCN(C)CC3C4C)cc12. The maximum absolute atomic E-state index is 4.73. The second-order valence-corrected chi connectivity index (χ2v) is 7.46. The van der Waals surface area contributed by atoms with Crippen molar-refractivity contribution in [1.82, 2.24) is 9.88 Å². The third-order valence-electron chi connectivity index (χ3n) is 6.32. The molecule has 0 amide bonds. The van der Waals surface area contributed by atoms with Crippen molar-refractivity contribution in [3.63, 3.8) is 0 Å². The van der Waals surface area contributed by atoms with Crippen LogP contribution in [-0.2, 0) is 11.8 Å². The van der Waals surface area contributed by atoms with Gasteiger partial charge in [0.2, 0.25) is 0 Å². The van der Waals surface area contributed by atoms with Crippen LogP contribution in [0.3, 0.4) is 0 Å². The van der Waals surface area contributed by atoms with Crippen LogP contribution < -0.4 is 0 Å². The van der Waals surface area contributed by atoms with Gasteiger partial charge in [-0.15, -0.1) is 0 Å². The zero-order valence-electron chi connectivity index (χ0n) is 18.2. The van der Waals surface area contributed by atoms with E-state index in [1.807, 2.05) is 27.7 Å². The third kappa shape index (κ3) is 3.41. The van der Waals surface area contributed by atoms with Crippen LogP contribution in [0.4, 0.5) is 0 Å². The molecule has 1 saturated carbocycles. The minimum atomic E-state index is 0.441. The summed E-state index contributed by atoms with van der Waals surface area (Å²) in [5, 5.41) is 1.37. The number of hydrogen-bond acceptors (Lipinski definition) is 2. The average molecular weight is 355 g/mol. The molecule has 0 N–H and O–H groups in total. The van der Waals surface area contributed by atoms with Crippen molar-refractivity contribution in [3.8, 4) is 0 Å². The number of benzene rings is 1. The maximum atomic E-state index is 4.73. The Labute approximate surface area is 161 Å². The Kier molecular flexibility index (Phi) is 6.85. The van der Waals surface area contributed by atoms with Gasteiger partial charge in [-0.2, -0.15) is 0 Å². The van der Waals surface area contributed by atoms with Gasteiger partial charge in [-0.05, 0) is 74.5 Å². The Morgan fingerprint density at radius 3 is 2.46 bits per heavy atom. The fourth-order valence-electron chi connectivity index (χ4n) is 4.91. The van der Waals surface area contributed by atoms with Gasteiger partial charge in [0.15, 0.2) is 0 Å². The van der Waals surface area contributed by atoms with Gasteiger partial charge in [0, 0.05) is 23.0 Å². The van der Waals surface area contributed by atoms with Gasteiger partial charge in [-0.1, -0.05) is 47.6 Å². The van der Waals surface area contributed by atoms with Crippen LogP contribution in [0.1, 0.15) is 64.8 Å². The molecule has 1 saturated heterocycles. The first-order chi connectivity index (χ1) is 12.6. The van der Waals surface area contributed by atoms with Crippen molar-refractivity contribution >= 4 is 10.9 Å². The van der Waals surface area contributed by atoms with Crippen molar-refractivity contribution in [2.75, 3.05) is 20.1 Å². The lowest BCUT2D eigenvalue weighted by Crippen LogP contribution is -2.33. The van der Waals surface area contributed by atoms with Gasteiger partial charge in [0.25, 0.3) is 0 Å². The minimum absolute atomic E-state index is 0.441. The van der Waals surface area contributed by atoms with E-state index >= 15 is 0 Å². The molecule has 0 radical (unpaired) electrons. The molecular formula is C24H38N2. The highest BCUT2D eigenvalue weighted by Gasteiger charge is 2.63. The lowest BCUT2D eigenvalue weighted by atomic mass is 9.85. The standard InChI is InChI=1S/C20H26N2.2C2H6/c1-5-15-10-13(2)21-19-7-6-16(11-17(15)19)20-8-9-22(4)12-18(20)14(20)3;2*1-2/h6-7,10-11,14,18H,5,8-9,12H2,1-4H3;2*1-2H3. The van der Waals surface area contributed by atoms with Gasteiger partial charge in [0.1, 0.15) is 0 Å². The highest BCUT2D eigenvalue weighted by molar-refractivity contribution is 5.83. The molecular weight excluding hydrogens is 316 g/mol. The minimum Gasteiger partial charge on any atom is -0.306 e. The Balaban J connectivity index is 0.000000570. The predicted octanol–water partition coefficient (Wildman–Crippen LogP) is 6.00. The summed E-state index contributed by atoms with van der Waals surface area (Å²) in [7, 11) is 2.26. The second-order valence-electron chi connectivity index (χ2n) is 7.46. The van der Waals surface area contributed by atoms with E-state index < -0.39 is 0 Å². The summed E-state index contributed by atoms with van der Waals surface area (Å²) >= 11 is 0. The molecule has 2 heterocycles. The monoisotopic (exact) mass is 354 g/mol. The Hall–Kier alpha value is -1.41. The summed E-state index contributed by atoms with van der Waals surface area (Å²) in [6, 6.07) is 9.33. The second kappa shape index (κ2) is 8.52. The molecule has 144 valence electrons. The number of piperidine rings is 1. The smallest absolute Gasteiger partial charge is 0.0708 e. The number of pyridine rings is 1. The molecule has 26 heavy (non-hydrogen) atoms. The van der Waals surface area contributed by atoms with E-state index in [9.17, 15) is 0 Å². The van der Waals surface area contributed by atoms with Crippen LogP contribution in [0, 0.1) is 18.8 Å². The van der Waals surface area contributed by atoms with Crippen LogP contribution in [0.5, 0.6) is 0 Å². The van der Waals surface area contributed by atoms with Crippen LogP contribution in [0.15, 0.2) is 24.3 Å². The molecule has 1 aromatic carbocycles. The molecule has 2 aliphatic rings. The molecule has 0 spiro atoms. The van der Waals surface area contributed by atoms with E-state index in [1.54, 1.807) is 5.56 Å². The number of aryl methyl sites for hydroxylation is 2. The predicted molar refractivity (Wildman–Crippen MR) is 115 cm³/mol. The molecule has 2 fully saturated rings. The van der Waals surface area contributed by atoms with Crippen LogP contribution in [-0.4, -0.2) is 30.0 Å². The molecule has 4 rings (SSSR count). The zero-order valence-corrected chi connectivity index (χ0v) is 18.2. The highest BCUT2D eigenvalue weighted by atomic mass is 15.1. The van der Waals surface area contributed by atoms with Gasteiger partial charge in [-0.25, -0.2) is 0 Å². The first-order valence-corrected chi connectivity index (χ1v) is 10.7. The summed E-state index contributed by atoms with van der Waals surface area (Å²) in [6.07, 6.45) is 2.39. The van der Waals surface area contributed by atoms with Crippen molar-refractivity contribution in [3.05, 3.63) is 41.1 Å². The van der Waals surface area contributed by atoms with E-state index in [1.165, 1.54) is 30.5 Å². The largest absolute Gasteiger partial charge is 0.306 e. The quantitative estimate of drug-likeness (QED) is 0.658.